The van der Waals surface area contributed by atoms with Gasteiger partial charge < -0.3 is 10.2 Å². The molecule has 2 N–H and O–H groups in total. The minimum Gasteiger partial charge on any atom is -0.345 e. The van der Waals surface area contributed by atoms with E-state index < -0.39 is 23.6 Å². The topological polar surface area (TPSA) is 113 Å². The lowest BCUT2D eigenvalue weighted by atomic mass is 10.0. The number of rotatable bonds is 5. The van der Waals surface area contributed by atoms with Gasteiger partial charge in [-0.1, -0.05) is 42.5 Å². The number of Topliss-reactive ketones (excluding diaryl/α,β-unsaturated/α-hetero) is 1. The first kappa shape index (κ1) is 19.5. The quantitative estimate of drug-likeness (QED) is 0.437. The first-order valence-corrected chi connectivity index (χ1v) is 9.58. The van der Waals surface area contributed by atoms with Gasteiger partial charge in [0.05, 0.1) is 0 Å². The van der Waals surface area contributed by atoms with E-state index >= 15 is 0 Å². The minimum absolute atomic E-state index is 0.0804. The standard InChI is InChI=1S/C22H19N3O5/c26-18-10-9-17(20(28)24-18)25-12-16-14(7-4-8-15(16)22(25)30)11-23-21(29)19(27)13-5-2-1-3-6-13/h1-8,17H,9-12H2,(H,23,29)(H,24,26,28). The van der Waals surface area contributed by atoms with Crippen LogP contribution in [0.2, 0.25) is 0 Å². The molecule has 4 amide bonds. The van der Waals surface area contributed by atoms with E-state index in [4.69, 9.17) is 0 Å². The van der Waals surface area contributed by atoms with Crippen LogP contribution < -0.4 is 10.6 Å². The Balaban J connectivity index is 1.48. The molecule has 2 heterocycles. The fourth-order valence-corrected chi connectivity index (χ4v) is 3.79. The Labute approximate surface area is 172 Å². The molecule has 2 aromatic rings. The lowest BCUT2D eigenvalue weighted by Gasteiger charge is -2.29. The molecule has 2 aliphatic heterocycles. The van der Waals surface area contributed by atoms with Crippen molar-refractivity contribution in [3.63, 3.8) is 0 Å². The van der Waals surface area contributed by atoms with Gasteiger partial charge in [0.25, 0.3) is 11.8 Å². The molecular weight excluding hydrogens is 386 g/mol. The zero-order valence-corrected chi connectivity index (χ0v) is 16.0. The molecule has 0 spiro atoms. The van der Waals surface area contributed by atoms with Crippen molar-refractivity contribution < 1.29 is 24.0 Å². The van der Waals surface area contributed by atoms with Crippen LogP contribution in [0, 0.1) is 0 Å². The number of ketones is 1. The second-order valence-corrected chi connectivity index (χ2v) is 7.22. The molecule has 152 valence electrons. The van der Waals surface area contributed by atoms with E-state index in [1.54, 1.807) is 48.5 Å². The molecule has 0 aromatic heterocycles. The molecule has 8 heteroatoms. The Bertz CT molecular complexity index is 1060. The van der Waals surface area contributed by atoms with Crippen LogP contribution in [0.15, 0.2) is 48.5 Å². The summed E-state index contributed by atoms with van der Waals surface area (Å²) >= 11 is 0. The third-order valence-corrected chi connectivity index (χ3v) is 5.36. The summed E-state index contributed by atoms with van der Waals surface area (Å²) in [6.45, 7) is 0.288. The average Bonchev–Trinajstić information content (AvgIpc) is 3.09. The summed E-state index contributed by atoms with van der Waals surface area (Å²) in [4.78, 5) is 62.3. The van der Waals surface area contributed by atoms with Crippen molar-refractivity contribution in [1.29, 1.82) is 0 Å². The van der Waals surface area contributed by atoms with Crippen LogP contribution in [-0.4, -0.2) is 40.4 Å². The Morgan fingerprint density at radius 1 is 1.03 bits per heavy atom. The van der Waals surface area contributed by atoms with Gasteiger partial charge in [-0.15, -0.1) is 0 Å². The van der Waals surface area contributed by atoms with Crippen LogP contribution in [0.25, 0.3) is 0 Å². The van der Waals surface area contributed by atoms with Gasteiger partial charge >= 0.3 is 0 Å². The van der Waals surface area contributed by atoms with E-state index in [1.807, 2.05) is 0 Å². The molecule has 2 aliphatic rings. The van der Waals surface area contributed by atoms with Crippen molar-refractivity contribution in [2.24, 2.45) is 0 Å². The predicted octanol–water partition coefficient (Wildman–Crippen LogP) is 0.947. The van der Waals surface area contributed by atoms with Gasteiger partial charge in [0.1, 0.15) is 6.04 Å². The van der Waals surface area contributed by atoms with Gasteiger partial charge in [-0.2, -0.15) is 0 Å². The summed E-state index contributed by atoms with van der Waals surface area (Å²) in [7, 11) is 0. The molecule has 30 heavy (non-hydrogen) atoms. The van der Waals surface area contributed by atoms with Gasteiger partial charge in [-0.25, -0.2) is 0 Å². The Morgan fingerprint density at radius 2 is 1.80 bits per heavy atom. The number of nitrogens with zero attached hydrogens (tertiary/aromatic N) is 1. The number of benzene rings is 2. The SMILES string of the molecule is O=C1CCC(N2Cc3c(CNC(=O)C(=O)c4ccccc4)cccc3C2=O)C(=O)N1. The number of piperidine rings is 1. The summed E-state index contributed by atoms with van der Waals surface area (Å²) in [6.07, 6.45) is 0.461. The number of imide groups is 1. The maximum absolute atomic E-state index is 12.8. The number of hydrogen-bond donors (Lipinski definition) is 2. The van der Waals surface area contributed by atoms with Crippen LogP contribution in [-0.2, 0) is 27.5 Å². The van der Waals surface area contributed by atoms with E-state index in [-0.39, 0.29) is 37.7 Å². The molecule has 8 nitrogen and oxygen atoms in total. The second kappa shape index (κ2) is 7.90. The van der Waals surface area contributed by atoms with Gasteiger partial charge in [0.2, 0.25) is 17.6 Å². The summed E-state index contributed by atoms with van der Waals surface area (Å²) in [5.41, 5.74) is 2.16. The predicted molar refractivity (Wildman–Crippen MR) is 105 cm³/mol. The highest BCUT2D eigenvalue weighted by Crippen LogP contribution is 2.29. The van der Waals surface area contributed by atoms with Crippen molar-refractivity contribution in [2.45, 2.75) is 32.0 Å². The van der Waals surface area contributed by atoms with Gasteiger partial charge in [0, 0.05) is 30.6 Å². The first-order chi connectivity index (χ1) is 14.5. The molecule has 4 rings (SSSR count). The van der Waals surface area contributed by atoms with E-state index in [9.17, 15) is 24.0 Å². The molecule has 1 atom stereocenters. The highest BCUT2D eigenvalue weighted by molar-refractivity contribution is 6.42. The van der Waals surface area contributed by atoms with Gasteiger partial charge in [0.15, 0.2) is 0 Å². The summed E-state index contributed by atoms with van der Waals surface area (Å²) < 4.78 is 0. The molecule has 2 aromatic carbocycles. The van der Waals surface area contributed by atoms with E-state index in [0.717, 1.165) is 0 Å². The maximum Gasteiger partial charge on any atom is 0.292 e. The van der Waals surface area contributed by atoms with Crippen molar-refractivity contribution in [3.05, 3.63) is 70.8 Å². The monoisotopic (exact) mass is 405 g/mol. The van der Waals surface area contributed by atoms with Gasteiger partial charge in [-0.3, -0.25) is 29.3 Å². The largest absolute Gasteiger partial charge is 0.345 e. The van der Waals surface area contributed by atoms with Crippen molar-refractivity contribution in [1.82, 2.24) is 15.5 Å². The molecule has 0 aliphatic carbocycles. The van der Waals surface area contributed by atoms with Gasteiger partial charge in [-0.05, 0) is 23.6 Å². The fourth-order valence-electron chi connectivity index (χ4n) is 3.79. The molecular formula is C22H19N3O5. The number of carbonyl (C=O) groups is 5. The van der Waals surface area contributed by atoms with Crippen LogP contribution in [0.1, 0.15) is 44.7 Å². The third kappa shape index (κ3) is 3.59. The highest BCUT2D eigenvalue weighted by atomic mass is 16.2. The Morgan fingerprint density at radius 3 is 2.53 bits per heavy atom. The number of amides is 4. The van der Waals surface area contributed by atoms with Crippen molar-refractivity contribution >= 4 is 29.4 Å². The highest BCUT2D eigenvalue weighted by Gasteiger charge is 2.39. The summed E-state index contributed by atoms with van der Waals surface area (Å²) in [6, 6.07) is 12.7. The molecule has 0 saturated carbocycles. The smallest absolute Gasteiger partial charge is 0.292 e. The Kier molecular flexibility index (Phi) is 5.14. The summed E-state index contributed by atoms with van der Waals surface area (Å²) in [5, 5.41) is 4.88. The van der Waals surface area contributed by atoms with E-state index in [2.05, 4.69) is 10.6 Å². The van der Waals surface area contributed by atoms with Crippen LogP contribution in [0.5, 0.6) is 0 Å². The van der Waals surface area contributed by atoms with Crippen LogP contribution in [0.4, 0.5) is 0 Å². The zero-order valence-electron chi connectivity index (χ0n) is 16.0. The molecule has 0 bridgehead atoms. The van der Waals surface area contributed by atoms with Crippen LogP contribution >= 0.6 is 0 Å². The minimum atomic E-state index is -0.731. The number of nitrogens with one attached hydrogen (secondary N) is 2. The van der Waals surface area contributed by atoms with Crippen LogP contribution in [0.3, 0.4) is 0 Å². The van der Waals surface area contributed by atoms with E-state index in [1.165, 1.54) is 4.90 Å². The first-order valence-electron chi connectivity index (χ1n) is 9.58. The fraction of sp³-hybridized carbons (Fsp3) is 0.227. The second-order valence-electron chi connectivity index (χ2n) is 7.22. The third-order valence-electron chi connectivity index (χ3n) is 5.36. The van der Waals surface area contributed by atoms with Crippen molar-refractivity contribution in [3.8, 4) is 0 Å². The molecule has 1 unspecified atom stereocenters. The number of carbonyl (C=O) groups excluding carboxylic acids is 5. The van der Waals surface area contributed by atoms with Crippen molar-refractivity contribution in [2.75, 3.05) is 0 Å². The molecule has 1 fully saturated rings. The average molecular weight is 405 g/mol. The summed E-state index contributed by atoms with van der Waals surface area (Å²) in [5.74, 6) is -2.47. The molecule has 1 saturated heterocycles. The lowest BCUT2D eigenvalue weighted by molar-refractivity contribution is -0.136. The number of fused-ring (bicyclic) bond motifs is 1. The van der Waals surface area contributed by atoms with E-state index in [0.29, 0.717) is 22.3 Å². The Hall–Kier alpha value is -3.81. The number of hydrogen-bond acceptors (Lipinski definition) is 5. The lowest BCUT2D eigenvalue weighted by Crippen LogP contribution is -2.52. The zero-order chi connectivity index (χ0) is 21.3. The maximum atomic E-state index is 12.8. The molecule has 0 radical (unpaired) electrons. The normalized spacial score (nSPS) is 18.1.